The molecule has 0 bridgehead atoms. The first-order valence-corrected chi connectivity index (χ1v) is 6.99. The monoisotopic (exact) mass is 275 g/mol. The van der Waals surface area contributed by atoms with Crippen molar-refractivity contribution < 1.29 is 9.53 Å². The fourth-order valence-corrected chi connectivity index (χ4v) is 3.05. The van der Waals surface area contributed by atoms with Gasteiger partial charge in [0.15, 0.2) is 0 Å². The van der Waals surface area contributed by atoms with Gasteiger partial charge >= 0.3 is 5.97 Å². The van der Waals surface area contributed by atoms with E-state index in [0.29, 0.717) is 17.2 Å². The quantitative estimate of drug-likeness (QED) is 0.867. The lowest BCUT2D eigenvalue weighted by Gasteiger charge is -2.01. The zero-order valence-corrected chi connectivity index (χ0v) is 12.1. The second kappa shape index (κ2) is 5.45. The van der Waals surface area contributed by atoms with E-state index in [9.17, 15) is 4.79 Å². The Morgan fingerprint density at radius 1 is 1.37 bits per heavy atom. The molecule has 2 N–H and O–H groups in total. The number of carbonyl (C=O) groups excluding carboxylic acids is 1. The van der Waals surface area contributed by atoms with Crippen molar-refractivity contribution in [1.29, 1.82) is 0 Å². The van der Waals surface area contributed by atoms with E-state index >= 15 is 0 Å². The van der Waals surface area contributed by atoms with Crippen molar-refractivity contribution in [2.24, 2.45) is 0 Å². The van der Waals surface area contributed by atoms with Crippen molar-refractivity contribution in [2.75, 3.05) is 12.3 Å². The normalized spacial score (nSPS) is 10.5. The summed E-state index contributed by atoms with van der Waals surface area (Å²) in [5, 5.41) is 0. The molecule has 4 heteroatoms. The van der Waals surface area contributed by atoms with Crippen LogP contribution < -0.4 is 5.73 Å². The Balaban J connectivity index is 2.49. The molecule has 0 saturated carbocycles. The van der Waals surface area contributed by atoms with Gasteiger partial charge in [-0.3, -0.25) is 0 Å². The van der Waals surface area contributed by atoms with Crippen molar-refractivity contribution in [3.63, 3.8) is 0 Å². The minimum atomic E-state index is -0.341. The third-order valence-corrected chi connectivity index (χ3v) is 4.27. The SMILES string of the molecule is CCOC(=O)c1sc(-c2cccc(C)c2)c(C)c1N. The van der Waals surface area contributed by atoms with Gasteiger partial charge in [-0.15, -0.1) is 11.3 Å². The van der Waals surface area contributed by atoms with Crippen LogP contribution in [0.15, 0.2) is 24.3 Å². The largest absolute Gasteiger partial charge is 0.462 e. The van der Waals surface area contributed by atoms with Gasteiger partial charge in [0.05, 0.1) is 12.3 Å². The van der Waals surface area contributed by atoms with Gasteiger partial charge in [-0.1, -0.05) is 29.8 Å². The van der Waals surface area contributed by atoms with Gasteiger partial charge in [0, 0.05) is 4.88 Å². The van der Waals surface area contributed by atoms with Gasteiger partial charge in [-0.25, -0.2) is 4.79 Å². The maximum Gasteiger partial charge on any atom is 0.350 e. The standard InChI is InChI=1S/C15H17NO2S/c1-4-18-15(17)14-12(16)10(3)13(19-14)11-7-5-6-9(2)8-11/h5-8H,4,16H2,1-3H3. The van der Waals surface area contributed by atoms with Crippen LogP contribution in [0.5, 0.6) is 0 Å². The van der Waals surface area contributed by atoms with Crippen LogP contribution in [0.2, 0.25) is 0 Å². The lowest BCUT2D eigenvalue weighted by molar-refractivity contribution is 0.0533. The van der Waals surface area contributed by atoms with E-state index in [4.69, 9.17) is 10.5 Å². The van der Waals surface area contributed by atoms with Gasteiger partial charge in [0.2, 0.25) is 0 Å². The fourth-order valence-electron chi connectivity index (χ4n) is 1.94. The molecule has 1 aromatic carbocycles. The van der Waals surface area contributed by atoms with Crippen molar-refractivity contribution >= 4 is 23.0 Å². The summed E-state index contributed by atoms with van der Waals surface area (Å²) in [7, 11) is 0. The number of thiophene rings is 1. The number of anilines is 1. The zero-order chi connectivity index (χ0) is 14.0. The number of hydrogen-bond acceptors (Lipinski definition) is 4. The van der Waals surface area contributed by atoms with Gasteiger partial charge in [0.25, 0.3) is 0 Å². The number of carbonyl (C=O) groups is 1. The maximum atomic E-state index is 11.8. The highest BCUT2D eigenvalue weighted by Crippen LogP contribution is 2.38. The molecule has 0 aliphatic rings. The molecule has 0 fully saturated rings. The number of ether oxygens (including phenoxy) is 1. The highest BCUT2D eigenvalue weighted by molar-refractivity contribution is 7.18. The highest BCUT2D eigenvalue weighted by atomic mass is 32.1. The molecule has 0 aliphatic carbocycles. The lowest BCUT2D eigenvalue weighted by atomic mass is 10.1. The first-order chi connectivity index (χ1) is 9.04. The lowest BCUT2D eigenvalue weighted by Crippen LogP contribution is -2.05. The summed E-state index contributed by atoms with van der Waals surface area (Å²) in [4.78, 5) is 13.4. The molecule has 0 unspecified atom stereocenters. The number of hydrogen-bond donors (Lipinski definition) is 1. The van der Waals surface area contributed by atoms with Gasteiger partial charge in [0.1, 0.15) is 4.88 Å². The van der Waals surface area contributed by atoms with Crippen LogP contribution in [-0.4, -0.2) is 12.6 Å². The third-order valence-electron chi connectivity index (χ3n) is 2.93. The summed E-state index contributed by atoms with van der Waals surface area (Å²) in [5.74, 6) is -0.341. The van der Waals surface area contributed by atoms with Crippen molar-refractivity contribution in [3.05, 3.63) is 40.3 Å². The van der Waals surface area contributed by atoms with Crippen molar-refractivity contribution in [1.82, 2.24) is 0 Å². The molecule has 0 radical (unpaired) electrons. The fraction of sp³-hybridized carbons (Fsp3) is 0.267. The van der Waals surface area contributed by atoms with Gasteiger partial charge in [-0.05, 0) is 31.9 Å². The zero-order valence-electron chi connectivity index (χ0n) is 11.3. The van der Waals surface area contributed by atoms with E-state index < -0.39 is 0 Å². The molecule has 2 rings (SSSR count). The summed E-state index contributed by atoms with van der Waals surface area (Å²) in [6, 6.07) is 8.17. The molecule has 19 heavy (non-hydrogen) atoms. The second-order valence-corrected chi connectivity index (χ2v) is 5.41. The minimum absolute atomic E-state index is 0.341. The van der Waals surface area contributed by atoms with Crippen LogP contribution in [0.3, 0.4) is 0 Å². The van der Waals surface area contributed by atoms with Crippen molar-refractivity contribution in [2.45, 2.75) is 20.8 Å². The molecule has 0 saturated heterocycles. The molecule has 2 aromatic rings. The molecule has 0 amide bonds. The van der Waals surface area contributed by atoms with E-state index in [1.54, 1.807) is 6.92 Å². The predicted molar refractivity (Wildman–Crippen MR) is 79.6 cm³/mol. The average Bonchev–Trinajstić information content (AvgIpc) is 2.67. The van der Waals surface area contributed by atoms with Crippen LogP contribution in [0, 0.1) is 13.8 Å². The molecule has 3 nitrogen and oxygen atoms in total. The van der Waals surface area contributed by atoms with E-state index in [1.807, 2.05) is 32.0 Å². The Hall–Kier alpha value is -1.81. The van der Waals surface area contributed by atoms with Crippen LogP contribution >= 0.6 is 11.3 Å². The Kier molecular flexibility index (Phi) is 3.90. The summed E-state index contributed by atoms with van der Waals surface area (Å²) < 4.78 is 5.03. The molecular formula is C15H17NO2S. The average molecular weight is 275 g/mol. The van der Waals surface area contributed by atoms with Crippen LogP contribution in [0.25, 0.3) is 10.4 Å². The van der Waals surface area contributed by atoms with Crippen molar-refractivity contribution in [3.8, 4) is 10.4 Å². The smallest absolute Gasteiger partial charge is 0.350 e. The molecule has 0 aliphatic heterocycles. The van der Waals surface area contributed by atoms with Gasteiger partial charge < -0.3 is 10.5 Å². The second-order valence-electron chi connectivity index (χ2n) is 4.39. The topological polar surface area (TPSA) is 52.3 Å². The maximum absolute atomic E-state index is 11.8. The first-order valence-electron chi connectivity index (χ1n) is 6.17. The number of benzene rings is 1. The number of nitrogen functional groups attached to an aromatic ring is 1. The summed E-state index contributed by atoms with van der Waals surface area (Å²) in [5.41, 5.74) is 9.76. The van der Waals surface area contributed by atoms with Crippen LogP contribution in [-0.2, 0) is 4.74 Å². The minimum Gasteiger partial charge on any atom is -0.462 e. The van der Waals surface area contributed by atoms with E-state index in [-0.39, 0.29) is 5.97 Å². The van der Waals surface area contributed by atoms with E-state index in [0.717, 1.165) is 16.0 Å². The Morgan fingerprint density at radius 3 is 2.74 bits per heavy atom. The Morgan fingerprint density at radius 2 is 2.11 bits per heavy atom. The molecule has 1 heterocycles. The first kappa shape index (κ1) is 13.6. The Bertz CT molecular complexity index is 617. The molecular weight excluding hydrogens is 258 g/mol. The Labute approximate surface area is 117 Å². The molecule has 0 spiro atoms. The number of aryl methyl sites for hydroxylation is 1. The summed E-state index contributed by atoms with van der Waals surface area (Å²) >= 11 is 1.40. The molecule has 1 aromatic heterocycles. The number of esters is 1. The predicted octanol–water partition coefficient (Wildman–Crippen LogP) is 3.79. The van der Waals surface area contributed by atoms with Gasteiger partial charge in [-0.2, -0.15) is 0 Å². The van der Waals surface area contributed by atoms with E-state index in [1.165, 1.54) is 16.9 Å². The summed E-state index contributed by atoms with van der Waals surface area (Å²) in [6.07, 6.45) is 0. The highest BCUT2D eigenvalue weighted by Gasteiger charge is 2.20. The van der Waals surface area contributed by atoms with Crippen LogP contribution in [0.4, 0.5) is 5.69 Å². The molecule has 0 atom stereocenters. The summed E-state index contributed by atoms with van der Waals surface area (Å²) in [6.45, 7) is 6.12. The third kappa shape index (κ3) is 2.63. The van der Waals surface area contributed by atoms with Crippen LogP contribution in [0.1, 0.15) is 27.7 Å². The molecule has 100 valence electrons. The number of rotatable bonds is 3. The van der Waals surface area contributed by atoms with E-state index in [2.05, 4.69) is 6.07 Å². The number of nitrogens with two attached hydrogens (primary N) is 1.